The number of nitrogens with zero attached hydrogens (tertiary/aromatic N) is 1. The molecule has 0 radical (unpaired) electrons. The largest absolute Gasteiger partial charge is 0.482 e. The Morgan fingerprint density at radius 2 is 1.92 bits per heavy atom. The zero-order chi connectivity index (χ0) is 17.6. The number of nitrogens with one attached hydrogen (secondary N) is 1. The number of carbonyl (C=O) groups excluding carboxylic acids is 1. The van der Waals surface area contributed by atoms with Gasteiger partial charge in [0.25, 0.3) is 5.91 Å². The first-order valence-electron chi connectivity index (χ1n) is 7.92. The average molecular weight is 365 g/mol. The van der Waals surface area contributed by atoms with Gasteiger partial charge in [0.2, 0.25) is 0 Å². The molecule has 1 aliphatic rings. The number of hydrogen-bond acceptors (Lipinski definition) is 4. The Kier molecular flexibility index (Phi) is 5.73. The molecule has 0 bridgehead atoms. The topological polar surface area (TPSA) is 50.8 Å². The van der Waals surface area contributed by atoms with Crippen LogP contribution in [0.5, 0.6) is 5.75 Å². The fraction of sp³-hybridized carbons (Fsp3) is 0.278. The molecule has 0 aromatic heterocycles. The van der Waals surface area contributed by atoms with E-state index in [2.05, 4.69) is 10.2 Å². The van der Waals surface area contributed by atoms with Crippen LogP contribution in [0.15, 0.2) is 42.5 Å². The van der Waals surface area contributed by atoms with Crippen molar-refractivity contribution in [1.82, 2.24) is 0 Å². The molecule has 1 heterocycles. The minimum atomic E-state index is -0.456. The third kappa shape index (κ3) is 4.84. The summed E-state index contributed by atoms with van der Waals surface area (Å²) >= 11 is 5.85. The number of morpholine rings is 1. The quantitative estimate of drug-likeness (QED) is 0.884. The Hall–Kier alpha value is -2.31. The minimum absolute atomic E-state index is 0.127. The van der Waals surface area contributed by atoms with Gasteiger partial charge in [-0.15, -0.1) is 0 Å². The first-order valence-corrected chi connectivity index (χ1v) is 8.30. The first-order chi connectivity index (χ1) is 12.1. The molecule has 3 rings (SSSR count). The van der Waals surface area contributed by atoms with Crippen molar-refractivity contribution in [2.24, 2.45) is 0 Å². The van der Waals surface area contributed by atoms with Crippen molar-refractivity contribution in [2.75, 3.05) is 43.1 Å². The molecule has 1 aliphatic heterocycles. The molecule has 2 aromatic rings. The molecule has 1 amide bonds. The van der Waals surface area contributed by atoms with Crippen LogP contribution >= 0.6 is 11.6 Å². The predicted molar refractivity (Wildman–Crippen MR) is 95.0 cm³/mol. The van der Waals surface area contributed by atoms with Gasteiger partial charge >= 0.3 is 0 Å². The lowest BCUT2D eigenvalue weighted by Gasteiger charge is -2.28. The number of rotatable bonds is 5. The van der Waals surface area contributed by atoms with Gasteiger partial charge in [-0.05, 0) is 42.5 Å². The van der Waals surface area contributed by atoms with Crippen molar-refractivity contribution in [3.63, 3.8) is 0 Å². The van der Waals surface area contributed by atoms with E-state index in [0.717, 1.165) is 38.1 Å². The molecule has 5 nitrogen and oxygen atoms in total. The lowest BCUT2D eigenvalue weighted by molar-refractivity contribution is -0.118. The number of carbonyl (C=O) groups is 1. The molecule has 0 atom stereocenters. The summed E-state index contributed by atoms with van der Waals surface area (Å²) in [6.45, 7) is 2.95. The van der Waals surface area contributed by atoms with E-state index in [9.17, 15) is 9.18 Å². The van der Waals surface area contributed by atoms with Crippen LogP contribution in [0.2, 0.25) is 5.02 Å². The highest BCUT2D eigenvalue weighted by Gasteiger charge is 2.11. The van der Waals surface area contributed by atoms with Crippen LogP contribution in [0.1, 0.15) is 0 Å². The normalized spacial score (nSPS) is 14.2. The molecule has 0 saturated carbocycles. The van der Waals surface area contributed by atoms with Crippen molar-refractivity contribution in [3.05, 3.63) is 53.3 Å². The predicted octanol–water partition coefficient (Wildman–Crippen LogP) is 3.33. The van der Waals surface area contributed by atoms with Gasteiger partial charge in [-0.25, -0.2) is 4.39 Å². The lowest BCUT2D eigenvalue weighted by atomic mass is 10.2. The van der Waals surface area contributed by atoms with Crippen molar-refractivity contribution in [2.45, 2.75) is 0 Å². The second-order valence-corrected chi connectivity index (χ2v) is 5.97. The maximum absolute atomic E-state index is 13.0. The van der Waals surface area contributed by atoms with Crippen LogP contribution in [0, 0.1) is 5.82 Å². The second-order valence-electron chi connectivity index (χ2n) is 5.56. The summed E-state index contributed by atoms with van der Waals surface area (Å²) in [7, 11) is 0. The maximum atomic E-state index is 13.0. The van der Waals surface area contributed by atoms with Crippen LogP contribution in [-0.4, -0.2) is 38.8 Å². The summed E-state index contributed by atoms with van der Waals surface area (Å²) in [5.41, 5.74) is 1.77. The molecule has 1 fully saturated rings. The van der Waals surface area contributed by atoms with Crippen molar-refractivity contribution >= 4 is 28.9 Å². The summed E-state index contributed by atoms with van der Waals surface area (Å²) in [6.07, 6.45) is 0. The Balaban J connectivity index is 1.52. The highest BCUT2D eigenvalue weighted by atomic mass is 35.5. The van der Waals surface area contributed by atoms with Gasteiger partial charge in [-0.3, -0.25) is 4.79 Å². The maximum Gasteiger partial charge on any atom is 0.262 e. The number of ether oxygens (including phenoxy) is 2. The molecular weight excluding hydrogens is 347 g/mol. The number of halogens is 2. The second kappa shape index (κ2) is 8.18. The number of benzene rings is 2. The highest BCUT2D eigenvalue weighted by molar-refractivity contribution is 6.32. The van der Waals surface area contributed by atoms with E-state index in [0.29, 0.717) is 5.69 Å². The van der Waals surface area contributed by atoms with Gasteiger partial charge < -0.3 is 19.7 Å². The molecule has 0 unspecified atom stereocenters. The molecular formula is C18H18ClFN2O3. The van der Waals surface area contributed by atoms with Gasteiger partial charge in [0.05, 0.1) is 18.2 Å². The van der Waals surface area contributed by atoms with E-state index in [-0.39, 0.29) is 23.3 Å². The summed E-state index contributed by atoms with van der Waals surface area (Å²) < 4.78 is 23.6. The third-order valence-electron chi connectivity index (χ3n) is 3.78. The molecule has 1 N–H and O–H groups in total. The van der Waals surface area contributed by atoms with E-state index in [1.54, 1.807) is 0 Å². The van der Waals surface area contributed by atoms with E-state index in [1.165, 1.54) is 12.1 Å². The van der Waals surface area contributed by atoms with Crippen LogP contribution in [0.3, 0.4) is 0 Å². The summed E-state index contributed by atoms with van der Waals surface area (Å²) in [5.74, 6) is -0.512. The van der Waals surface area contributed by atoms with Crippen LogP contribution < -0.4 is 15.0 Å². The SMILES string of the molecule is O=C(COc1ccc(F)cc1Cl)Nc1ccc(N2CCOCC2)cc1. The molecule has 0 spiro atoms. The van der Waals surface area contributed by atoms with Gasteiger partial charge in [0, 0.05) is 24.5 Å². The summed E-state index contributed by atoms with van der Waals surface area (Å²) in [4.78, 5) is 14.2. The number of anilines is 2. The smallest absolute Gasteiger partial charge is 0.262 e. The van der Waals surface area contributed by atoms with Gasteiger partial charge in [0.15, 0.2) is 6.61 Å². The fourth-order valence-electron chi connectivity index (χ4n) is 2.51. The van der Waals surface area contributed by atoms with E-state index < -0.39 is 5.82 Å². The van der Waals surface area contributed by atoms with Gasteiger partial charge in [-0.2, -0.15) is 0 Å². The summed E-state index contributed by atoms with van der Waals surface area (Å²) in [6, 6.07) is 11.4. The van der Waals surface area contributed by atoms with Crippen LogP contribution in [-0.2, 0) is 9.53 Å². The standard InChI is InChI=1S/C18H18ClFN2O3/c19-16-11-13(20)1-6-17(16)25-12-18(23)21-14-2-4-15(5-3-14)22-7-9-24-10-8-22/h1-6,11H,7-10,12H2,(H,21,23). The Morgan fingerprint density at radius 1 is 1.20 bits per heavy atom. The van der Waals surface area contributed by atoms with Crippen LogP contribution in [0.25, 0.3) is 0 Å². The number of amides is 1. The molecule has 0 aliphatic carbocycles. The average Bonchev–Trinajstić information content (AvgIpc) is 2.62. The first kappa shape index (κ1) is 17.5. The number of hydrogen-bond donors (Lipinski definition) is 1. The molecule has 1 saturated heterocycles. The highest BCUT2D eigenvalue weighted by Crippen LogP contribution is 2.25. The monoisotopic (exact) mass is 364 g/mol. The zero-order valence-corrected chi connectivity index (χ0v) is 14.3. The Labute approximate surface area is 150 Å². The van der Waals surface area contributed by atoms with E-state index >= 15 is 0 Å². The van der Waals surface area contributed by atoms with E-state index in [1.807, 2.05) is 24.3 Å². The molecule has 7 heteroatoms. The van der Waals surface area contributed by atoms with Crippen LogP contribution in [0.4, 0.5) is 15.8 Å². The zero-order valence-electron chi connectivity index (χ0n) is 13.5. The Bertz CT molecular complexity index is 734. The third-order valence-corrected chi connectivity index (χ3v) is 4.08. The minimum Gasteiger partial charge on any atom is -0.482 e. The van der Waals surface area contributed by atoms with Gasteiger partial charge in [0.1, 0.15) is 11.6 Å². The molecule has 2 aromatic carbocycles. The molecule has 25 heavy (non-hydrogen) atoms. The molecule has 132 valence electrons. The lowest BCUT2D eigenvalue weighted by Crippen LogP contribution is -2.36. The van der Waals surface area contributed by atoms with Crippen molar-refractivity contribution in [1.29, 1.82) is 0 Å². The summed E-state index contributed by atoms with van der Waals surface area (Å²) in [5, 5.41) is 2.88. The van der Waals surface area contributed by atoms with Crippen molar-refractivity contribution < 1.29 is 18.7 Å². The van der Waals surface area contributed by atoms with E-state index in [4.69, 9.17) is 21.1 Å². The van der Waals surface area contributed by atoms with Crippen molar-refractivity contribution in [3.8, 4) is 5.75 Å². The fourth-order valence-corrected chi connectivity index (χ4v) is 2.73. The van der Waals surface area contributed by atoms with Gasteiger partial charge in [-0.1, -0.05) is 11.6 Å². The Morgan fingerprint density at radius 3 is 2.60 bits per heavy atom.